The summed E-state index contributed by atoms with van der Waals surface area (Å²) >= 11 is 8.12. The number of carbonyl (C=O) groups excluding carboxylic acids is 1. The summed E-state index contributed by atoms with van der Waals surface area (Å²) in [4.78, 5) is 18.0. The Kier molecular flexibility index (Phi) is 6.36. The average molecular weight is 407 g/mol. The highest BCUT2D eigenvalue weighted by atomic mass is 35.5. The fourth-order valence-corrected chi connectivity index (χ4v) is 4.11. The molecule has 1 aliphatic rings. The van der Waals surface area contributed by atoms with E-state index >= 15 is 0 Å². The number of halogens is 1. The molecular weight excluding hydrogens is 384 g/mol. The van der Waals surface area contributed by atoms with Crippen molar-refractivity contribution in [2.45, 2.75) is 26.4 Å². The van der Waals surface area contributed by atoms with E-state index < -0.39 is 6.09 Å². The molecule has 1 aliphatic heterocycles. The zero-order chi connectivity index (χ0) is 19.4. The molecule has 144 valence electrons. The maximum absolute atomic E-state index is 11.9. The lowest BCUT2D eigenvalue weighted by Crippen LogP contribution is -2.50. The molecular formula is C19H23ClN4O2S. The number of benzene rings is 1. The maximum atomic E-state index is 11.9. The average Bonchev–Trinajstić information content (AvgIpc) is 2.98. The van der Waals surface area contributed by atoms with Crippen LogP contribution in [-0.4, -0.2) is 43.2 Å². The molecule has 0 radical (unpaired) electrons. The number of hydrogen-bond donors (Lipinski definition) is 2. The van der Waals surface area contributed by atoms with Gasteiger partial charge in [-0.15, -0.1) is 11.3 Å². The molecule has 6 nitrogen and oxygen atoms in total. The normalized spacial score (nSPS) is 16.0. The van der Waals surface area contributed by atoms with Crippen molar-refractivity contribution in [2.75, 3.05) is 25.5 Å². The van der Waals surface area contributed by atoms with Crippen LogP contribution < -0.4 is 10.7 Å². The molecule has 1 atom stereocenters. The molecule has 1 amide bonds. The number of aliphatic imine (C=N–C) groups is 1. The molecule has 1 aromatic carbocycles. The third-order valence-electron chi connectivity index (χ3n) is 4.14. The van der Waals surface area contributed by atoms with Gasteiger partial charge in [0.25, 0.3) is 0 Å². The van der Waals surface area contributed by atoms with Crippen LogP contribution in [0.5, 0.6) is 0 Å². The van der Waals surface area contributed by atoms with Crippen LogP contribution >= 0.6 is 22.9 Å². The standard InChI is InChI=1S/C19H23ClN4O2S/c1-4-12-10-14-17(13-8-6-7-9-15(13)20)21-11-16(22-18(14)27-12)23-24(3)19(25)26-5-2/h6-10,16,22-23H,4-5,11H2,1-3H3. The fraction of sp³-hybridized carbons (Fsp3) is 0.368. The van der Waals surface area contributed by atoms with Crippen molar-refractivity contribution in [1.82, 2.24) is 10.4 Å². The zero-order valence-corrected chi connectivity index (χ0v) is 17.2. The van der Waals surface area contributed by atoms with Crippen LogP contribution in [0, 0.1) is 0 Å². The van der Waals surface area contributed by atoms with Gasteiger partial charge in [-0.25, -0.2) is 15.2 Å². The van der Waals surface area contributed by atoms with Crippen molar-refractivity contribution in [3.05, 3.63) is 51.4 Å². The maximum Gasteiger partial charge on any atom is 0.424 e. The second-order valence-electron chi connectivity index (χ2n) is 6.06. The first-order valence-electron chi connectivity index (χ1n) is 8.89. The monoisotopic (exact) mass is 406 g/mol. The summed E-state index contributed by atoms with van der Waals surface area (Å²) in [7, 11) is 1.63. The Labute approximate surface area is 168 Å². The van der Waals surface area contributed by atoms with E-state index in [4.69, 9.17) is 21.3 Å². The molecule has 8 heteroatoms. The lowest BCUT2D eigenvalue weighted by atomic mass is 10.0. The number of hydrogen-bond acceptors (Lipinski definition) is 6. The number of nitrogens with zero attached hydrogens (tertiary/aromatic N) is 2. The van der Waals surface area contributed by atoms with Gasteiger partial charge in [-0.2, -0.15) is 0 Å². The molecule has 1 aromatic heterocycles. The van der Waals surface area contributed by atoms with Gasteiger partial charge in [-0.05, 0) is 25.5 Å². The number of carbonyl (C=O) groups is 1. The molecule has 0 fully saturated rings. The van der Waals surface area contributed by atoms with Crippen LogP contribution in [0.15, 0.2) is 35.3 Å². The van der Waals surface area contributed by atoms with Crippen LogP contribution in [0.3, 0.4) is 0 Å². The highest BCUT2D eigenvalue weighted by Crippen LogP contribution is 2.34. The minimum absolute atomic E-state index is 0.249. The molecule has 2 heterocycles. The molecule has 0 saturated carbocycles. The summed E-state index contributed by atoms with van der Waals surface area (Å²) < 4.78 is 5.02. The number of fused-ring (bicyclic) bond motifs is 1. The van der Waals surface area contributed by atoms with Gasteiger partial charge in [0.1, 0.15) is 6.17 Å². The first kappa shape index (κ1) is 19.7. The van der Waals surface area contributed by atoms with Crippen molar-refractivity contribution in [3.63, 3.8) is 0 Å². The van der Waals surface area contributed by atoms with Gasteiger partial charge >= 0.3 is 6.09 Å². The van der Waals surface area contributed by atoms with Crippen molar-refractivity contribution < 1.29 is 9.53 Å². The van der Waals surface area contributed by atoms with Gasteiger partial charge in [-0.1, -0.05) is 36.7 Å². The Morgan fingerprint density at radius 1 is 1.41 bits per heavy atom. The third kappa shape index (κ3) is 4.43. The van der Waals surface area contributed by atoms with Crippen molar-refractivity contribution in [2.24, 2.45) is 4.99 Å². The van der Waals surface area contributed by atoms with E-state index in [1.165, 1.54) is 9.89 Å². The molecule has 0 bridgehead atoms. The molecule has 0 spiro atoms. The lowest BCUT2D eigenvalue weighted by molar-refractivity contribution is 0.0938. The highest BCUT2D eigenvalue weighted by molar-refractivity contribution is 7.16. The molecule has 3 rings (SSSR count). The number of amides is 1. The summed E-state index contributed by atoms with van der Waals surface area (Å²) in [6, 6.07) is 9.87. The van der Waals surface area contributed by atoms with Gasteiger partial charge in [0.05, 0.1) is 23.9 Å². The summed E-state index contributed by atoms with van der Waals surface area (Å²) in [5.41, 5.74) is 5.92. The summed E-state index contributed by atoms with van der Waals surface area (Å²) in [6.07, 6.45) is 0.261. The number of anilines is 1. The molecule has 0 saturated heterocycles. The van der Waals surface area contributed by atoms with E-state index in [0.717, 1.165) is 28.3 Å². The number of ether oxygens (including phenoxy) is 1. The van der Waals surface area contributed by atoms with Crippen molar-refractivity contribution in [3.8, 4) is 0 Å². The van der Waals surface area contributed by atoms with Gasteiger partial charge in [0.15, 0.2) is 0 Å². The van der Waals surface area contributed by atoms with E-state index in [1.807, 2.05) is 24.3 Å². The highest BCUT2D eigenvalue weighted by Gasteiger charge is 2.24. The second-order valence-corrected chi connectivity index (χ2v) is 7.61. The fourth-order valence-electron chi connectivity index (χ4n) is 2.83. The first-order chi connectivity index (χ1) is 13.0. The number of aryl methyl sites for hydroxylation is 1. The molecule has 2 N–H and O–H groups in total. The SMILES string of the molecule is CCOC(=O)N(C)NC1CN=C(c2ccccc2Cl)c2cc(CC)sc2N1. The van der Waals surface area contributed by atoms with Crippen LogP contribution in [0.25, 0.3) is 0 Å². The van der Waals surface area contributed by atoms with Crippen molar-refractivity contribution >= 4 is 39.7 Å². The minimum Gasteiger partial charge on any atom is -0.449 e. The van der Waals surface area contributed by atoms with Crippen molar-refractivity contribution in [1.29, 1.82) is 0 Å². The Morgan fingerprint density at radius 2 is 2.19 bits per heavy atom. The predicted octanol–water partition coefficient (Wildman–Crippen LogP) is 4.15. The molecule has 2 aromatic rings. The number of rotatable bonds is 5. The van der Waals surface area contributed by atoms with E-state index in [1.54, 1.807) is 25.3 Å². The van der Waals surface area contributed by atoms with Crippen LogP contribution in [0.1, 0.15) is 29.9 Å². The van der Waals surface area contributed by atoms with Crippen LogP contribution in [0.2, 0.25) is 5.02 Å². The summed E-state index contributed by atoms with van der Waals surface area (Å²) in [6.45, 7) is 4.67. The first-order valence-corrected chi connectivity index (χ1v) is 10.1. The zero-order valence-electron chi connectivity index (χ0n) is 15.6. The van der Waals surface area contributed by atoms with Crippen LogP contribution in [0.4, 0.5) is 9.80 Å². The van der Waals surface area contributed by atoms with E-state index in [0.29, 0.717) is 18.2 Å². The van der Waals surface area contributed by atoms with E-state index in [-0.39, 0.29) is 6.17 Å². The topological polar surface area (TPSA) is 66.0 Å². The predicted molar refractivity (Wildman–Crippen MR) is 111 cm³/mol. The van der Waals surface area contributed by atoms with Gasteiger partial charge in [-0.3, -0.25) is 4.99 Å². The number of thiophene rings is 1. The molecule has 0 aliphatic carbocycles. The largest absolute Gasteiger partial charge is 0.449 e. The van der Waals surface area contributed by atoms with Gasteiger partial charge in [0.2, 0.25) is 0 Å². The summed E-state index contributed by atoms with van der Waals surface area (Å²) in [5.74, 6) is 0. The number of hydrazine groups is 1. The summed E-state index contributed by atoms with van der Waals surface area (Å²) in [5, 5.41) is 6.48. The Bertz CT molecular complexity index is 852. The smallest absolute Gasteiger partial charge is 0.424 e. The molecule has 1 unspecified atom stereocenters. The third-order valence-corrected chi connectivity index (χ3v) is 5.68. The van der Waals surface area contributed by atoms with E-state index in [9.17, 15) is 4.79 Å². The Balaban J connectivity index is 1.92. The van der Waals surface area contributed by atoms with Gasteiger partial charge < -0.3 is 10.1 Å². The quantitative estimate of drug-likeness (QED) is 0.732. The Hall–Kier alpha value is -2.09. The lowest BCUT2D eigenvalue weighted by Gasteiger charge is -2.24. The van der Waals surface area contributed by atoms with Crippen LogP contribution in [-0.2, 0) is 11.2 Å². The minimum atomic E-state index is -0.431. The number of nitrogens with one attached hydrogen (secondary N) is 2. The van der Waals surface area contributed by atoms with E-state index in [2.05, 4.69) is 23.7 Å². The second kappa shape index (κ2) is 8.73. The van der Waals surface area contributed by atoms with Gasteiger partial charge in [0, 0.05) is 28.1 Å². The Morgan fingerprint density at radius 3 is 2.89 bits per heavy atom. The molecule has 27 heavy (non-hydrogen) atoms.